The van der Waals surface area contributed by atoms with Crippen molar-refractivity contribution in [1.29, 1.82) is 0 Å². The molecular formula is C17H19N3O6S2. The van der Waals surface area contributed by atoms with Gasteiger partial charge in [0.05, 0.1) is 29.7 Å². The number of benzene rings is 1. The molecule has 0 aliphatic carbocycles. The Balaban J connectivity index is 1.21. The molecule has 0 bridgehead atoms. The van der Waals surface area contributed by atoms with Gasteiger partial charge in [-0.25, -0.2) is 8.42 Å². The smallest absolute Gasteiger partial charge is 0.277 e. The largest absolute Gasteiger partial charge is 0.486 e. The molecule has 2 aliphatic rings. The highest BCUT2D eigenvalue weighted by atomic mass is 32.2. The molecule has 1 aromatic carbocycles. The highest BCUT2D eigenvalue weighted by Gasteiger charge is 2.32. The number of carbonyl (C=O) groups is 1. The van der Waals surface area contributed by atoms with E-state index in [0.717, 1.165) is 11.8 Å². The van der Waals surface area contributed by atoms with Crippen LogP contribution in [-0.4, -0.2) is 61.0 Å². The molecule has 4 rings (SSSR count). The Labute approximate surface area is 166 Å². The Bertz CT molecular complexity index is 961. The monoisotopic (exact) mass is 425 g/mol. The van der Waals surface area contributed by atoms with Gasteiger partial charge in [0.25, 0.3) is 5.22 Å². The van der Waals surface area contributed by atoms with Gasteiger partial charge < -0.3 is 19.2 Å². The van der Waals surface area contributed by atoms with Gasteiger partial charge in [-0.1, -0.05) is 23.9 Å². The molecule has 2 aromatic rings. The number of fused-ring (bicyclic) bond motifs is 1. The van der Waals surface area contributed by atoms with Crippen molar-refractivity contribution >= 4 is 27.5 Å². The lowest BCUT2D eigenvalue weighted by atomic mass is 10.1. The van der Waals surface area contributed by atoms with Crippen molar-refractivity contribution in [2.24, 2.45) is 0 Å². The minimum atomic E-state index is -3.02. The van der Waals surface area contributed by atoms with Gasteiger partial charge in [0, 0.05) is 0 Å². The van der Waals surface area contributed by atoms with Crippen molar-refractivity contribution < 1.29 is 27.1 Å². The minimum absolute atomic E-state index is 0.0341. The summed E-state index contributed by atoms with van der Waals surface area (Å²) in [5, 5.41) is 10.8. The normalized spacial score (nSPS) is 22.7. The fraction of sp³-hybridized carbons (Fsp3) is 0.471. The van der Waals surface area contributed by atoms with Crippen LogP contribution >= 0.6 is 11.8 Å². The molecule has 1 fully saturated rings. The number of hydrogen-bond donors (Lipinski definition) is 1. The third-order valence-corrected chi connectivity index (χ3v) is 7.01. The van der Waals surface area contributed by atoms with Gasteiger partial charge in [0.2, 0.25) is 11.8 Å². The van der Waals surface area contributed by atoms with Crippen LogP contribution < -0.4 is 14.8 Å². The van der Waals surface area contributed by atoms with E-state index in [2.05, 4.69) is 15.5 Å². The Kier molecular flexibility index (Phi) is 5.44. The van der Waals surface area contributed by atoms with Crippen molar-refractivity contribution in [2.75, 3.05) is 30.4 Å². The number of rotatable bonds is 6. The summed E-state index contributed by atoms with van der Waals surface area (Å²) in [6.07, 6.45) is 0.227. The number of nitrogens with zero attached hydrogens (tertiary/aromatic N) is 2. The maximum atomic E-state index is 12.1. The molecule has 0 saturated carbocycles. The van der Waals surface area contributed by atoms with E-state index >= 15 is 0 Å². The molecule has 2 atom stereocenters. The first-order valence-corrected chi connectivity index (χ1v) is 11.6. The summed E-state index contributed by atoms with van der Waals surface area (Å²) in [4.78, 5) is 12.1. The number of nitrogens with one attached hydrogen (secondary N) is 1. The molecule has 9 nitrogen and oxygen atoms in total. The molecule has 150 valence electrons. The topological polar surface area (TPSA) is 121 Å². The van der Waals surface area contributed by atoms with Crippen LogP contribution in [0.2, 0.25) is 0 Å². The summed E-state index contributed by atoms with van der Waals surface area (Å²) >= 11 is 1.11. The van der Waals surface area contributed by atoms with Crippen LogP contribution in [0.3, 0.4) is 0 Å². The van der Waals surface area contributed by atoms with Crippen LogP contribution in [0.1, 0.15) is 18.2 Å². The second-order valence-corrected chi connectivity index (χ2v) is 9.75. The van der Waals surface area contributed by atoms with Gasteiger partial charge in [0.15, 0.2) is 21.3 Å². The van der Waals surface area contributed by atoms with E-state index < -0.39 is 9.84 Å². The highest BCUT2D eigenvalue weighted by molar-refractivity contribution is 7.99. The fourth-order valence-electron chi connectivity index (χ4n) is 3.00. The third kappa shape index (κ3) is 4.58. The van der Waals surface area contributed by atoms with E-state index in [1.54, 1.807) is 0 Å². The number of hydrogen-bond acceptors (Lipinski definition) is 9. The average molecular weight is 425 g/mol. The predicted molar refractivity (Wildman–Crippen MR) is 100 cm³/mol. The zero-order valence-electron chi connectivity index (χ0n) is 14.9. The highest BCUT2D eigenvalue weighted by Crippen LogP contribution is 2.31. The molecule has 2 aliphatic heterocycles. The van der Waals surface area contributed by atoms with Gasteiger partial charge in [-0.15, -0.1) is 10.2 Å². The zero-order chi connectivity index (χ0) is 19.6. The van der Waals surface area contributed by atoms with Crippen LogP contribution in [0.4, 0.5) is 0 Å². The summed E-state index contributed by atoms with van der Waals surface area (Å²) in [6.45, 7) is 0.685. The van der Waals surface area contributed by atoms with Crippen LogP contribution in [-0.2, 0) is 14.6 Å². The van der Waals surface area contributed by atoms with E-state index in [1.165, 1.54) is 0 Å². The summed E-state index contributed by atoms with van der Waals surface area (Å²) in [7, 11) is -3.02. The number of carbonyl (C=O) groups excluding carboxylic acids is 1. The molecular weight excluding hydrogens is 406 g/mol. The Morgan fingerprint density at radius 1 is 1.25 bits per heavy atom. The van der Waals surface area contributed by atoms with E-state index in [1.807, 2.05) is 24.3 Å². The van der Waals surface area contributed by atoms with Crippen molar-refractivity contribution in [3.05, 3.63) is 30.2 Å². The molecule has 0 spiro atoms. The van der Waals surface area contributed by atoms with Crippen molar-refractivity contribution in [1.82, 2.24) is 15.5 Å². The predicted octanol–water partition coefficient (Wildman–Crippen LogP) is 1.02. The second-order valence-electron chi connectivity index (χ2n) is 6.60. The second kappa shape index (κ2) is 8.00. The number of para-hydroxylation sites is 2. The van der Waals surface area contributed by atoms with Crippen LogP contribution in [0.15, 0.2) is 33.9 Å². The summed E-state index contributed by atoms with van der Waals surface area (Å²) in [6, 6.07) is 7.39. The van der Waals surface area contributed by atoms with Crippen LogP contribution in [0, 0.1) is 0 Å². The third-order valence-electron chi connectivity index (χ3n) is 4.42. The quantitative estimate of drug-likeness (QED) is 0.676. The molecule has 1 aromatic heterocycles. The Morgan fingerprint density at radius 2 is 2.07 bits per heavy atom. The van der Waals surface area contributed by atoms with E-state index in [4.69, 9.17) is 13.9 Å². The van der Waals surface area contributed by atoms with Crippen molar-refractivity contribution in [3.63, 3.8) is 0 Å². The van der Waals surface area contributed by atoms with Crippen molar-refractivity contribution in [2.45, 2.75) is 23.7 Å². The van der Waals surface area contributed by atoms with Crippen LogP contribution in [0.5, 0.6) is 11.5 Å². The zero-order valence-corrected chi connectivity index (χ0v) is 16.5. The molecule has 3 heterocycles. The maximum Gasteiger partial charge on any atom is 0.277 e. The average Bonchev–Trinajstić information content (AvgIpc) is 3.30. The lowest BCUT2D eigenvalue weighted by molar-refractivity contribution is -0.119. The first-order valence-electron chi connectivity index (χ1n) is 8.80. The number of thioether (sulfide) groups is 1. The first kappa shape index (κ1) is 19.1. The molecule has 1 amide bonds. The molecule has 1 N–H and O–H groups in total. The minimum Gasteiger partial charge on any atom is -0.486 e. The first-order chi connectivity index (χ1) is 13.5. The molecule has 11 heteroatoms. The van der Waals surface area contributed by atoms with E-state index in [-0.39, 0.29) is 40.4 Å². The van der Waals surface area contributed by atoms with Gasteiger partial charge in [-0.3, -0.25) is 4.79 Å². The lowest BCUT2D eigenvalue weighted by Crippen LogP contribution is -2.41. The van der Waals surface area contributed by atoms with E-state index in [9.17, 15) is 13.2 Å². The van der Waals surface area contributed by atoms with Gasteiger partial charge in [-0.2, -0.15) is 0 Å². The summed E-state index contributed by atoms with van der Waals surface area (Å²) < 4.78 is 40.0. The van der Waals surface area contributed by atoms with E-state index in [0.29, 0.717) is 37.0 Å². The standard InChI is InChI=1S/C17H19N3O6S2/c21-15(18-7-12-8-24-13-3-1-2-4-14(13)25-12)9-27-17-20-19-16(26-17)11-5-6-28(22,23)10-11/h1-4,11-12H,5-10H2,(H,18,21)/t11-,12-/m1/s1. The van der Waals surface area contributed by atoms with Gasteiger partial charge in [0.1, 0.15) is 12.7 Å². The Hall–Kier alpha value is -2.27. The molecule has 28 heavy (non-hydrogen) atoms. The lowest BCUT2D eigenvalue weighted by Gasteiger charge is -2.26. The number of ether oxygens (including phenoxy) is 2. The van der Waals surface area contributed by atoms with Gasteiger partial charge in [-0.05, 0) is 18.6 Å². The van der Waals surface area contributed by atoms with Crippen LogP contribution in [0.25, 0.3) is 0 Å². The SMILES string of the molecule is O=C(CSc1nnc([C@@H]2CCS(=O)(=O)C2)o1)NC[C@@H]1COc2ccccc2O1. The summed E-state index contributed by atoms with van der Waals surface area (Å²) in [5.74, 6) is 1.50. The molecule has 0 unspecified atom stereocenters. The van der Waals surface area contributed by atoms with Crippen molar-refractivity contribution in [3.8, 4) is 11.5 Å². The molecule has 0 radical (unpaired) electrons. The summed E-state index contributed by atoms with van der Waals surface area (Å²) in [5.41, 5.74) is 0. The number of amides is 1. The number of sulfone groups is 1. The Morgan fingerprint density at radius 3 is 2.86 bits per heavy atom. The maximum absolute atomic E-state index is 12.1. The fourth-order valence-corrected chi connectivity index (χ4v) is 5.34. The van der Waals surface area contributed by atoms with Gasteiger partial charge >= 0.3 is 0 Å². The molecule has 1 saturated heterocycles. The number of aromatic nitrogens is 2.